The maximum Gasteiger partial charge on any atom is 0.182 e. The molecule has 0 radical (unpaired) electrons. The Labute approximate surface area is 116 Å². The number of hydrogen-bond donors (Lipinski definition) is 1. The van der Waals surface area contributed by atoms with Gasteiger partial charge in [0.05, 0.1) is 11.4 Å². The average Bonchev–Trinajstić information content (AvgIpc) is 2.76. The molecule has 0 atom stereocenters. The monoisotopic (exact) mass is 266 g/mol. The fraction of sp³-hybridized carbons (Fsp3) is 0.133. The Morgan fingerprint density at radius 3 is 2.55 bits per heavy atom. The molecule has 0 aliphatic carbocycles. The van der Waals surface area contributed by atoms with E-state index in [1.807, 2.05) is 38.1 Å². The summed E-state index contributed by atoms with van der Waals surface area (Å²) in [5.74, 6) is 0.754. The third-order valence-electron chi connectivity index (χ3n) is 3.07. The van der Waals surface area contributed by atoms with Crippen LogP contribution in [-0.2, 0) is 0 Å². The highest BCUT2D eigenvalue weighted by Crippen LogP contribution is 2.27. The minimum absolute atomic E-state index is 0.132. The van der Waals surface area contributed by atoms with Crippen molar-refractivity contribution in [2.45, 2.75) is 13.8 Å². The van der Waals surface area contributed by atoms with Crippen LogP contribution in [0.4, 0.5) is 11.5 Å². The number of nitrogens with zero attached hydrogens (tertiary/aromatic N) is 4. The van der Waals surface area contributed by atoms with Crippen LogP contribution in [0.15, 0.2) is 52.8 Å². The highest BCUT2D eigenvalue weighted by Gasteiger charge is 2.10. The van der Waals surface area contributed by atoms with Crippen LogP contribution in [0.3, 0.4) is 0 Å². The molecule has 5 nitrogen and oxygen atoms in total. The maximum atomic E-state index is 9.77. The van der Waals surface area contributed by atoms with Crippen molar-refractivity contribution in [1.29, 1.82) is 0 Å². The Bertz CT molecular complexity index is 787. The van der Waals surface area contributed by atoms with E-state index in [0.29, 0.717) is 11.5 Å². The summed E-state index contributed by atoms with van der Waals surface area (Å²) in [5, 5.41) is 18.2. The fourth-order valence-corrected chi connectivity index (χ4v) is 1.99. The van der Waals surface area contributed by atoms with Gasteiger partial charge in [0.2, 0.25) is 0 Å². The Hall–Kier alpha value is -2.69. The molecule has 0 spiro atoms. The van der Waals surface area contributed by atoms with Gasteiger partial charge in [-0.25, -0.2) is 4.98 Å². The normalized spacial score (nSPS) is 11.5. The zero-order valence-corrected chi connectivity index (χ0v) is 11.3. The van der Waals surface area contributed by atoms with E-state index >= 15 is 0 Å². The fourth-order valence-electron chi connectivity index (χ4n) is 1.99. The Morgan fingerprint density at radius 1 is 1.05 bits per heavy atom. The lowest BCUT2D eigenvalue weighted by Gasteiger charge is -1.97. The molecular formula is C15H14N4O. The van der Waals surface area contributed by atoms with Crippen molar-refractivity contribution < 1.29 is 5.11 Å². The lowest BCUT2D eigenvalue weighted by atomic mass is 10.2. The van der Waals surface area contributed by atoms with Crippen LogP contribution in [0.25, 0.3) is 5.65 Å². The van der Waals surface area contributed by atoms with E-state index in [1.54, 1.807) is 22.7 Å². The summed E-state index contributed by atoms with van der Waals surface area (Å²) in [5.41, 5.74) is 3.18. The Morgan fingerprint density at radius 2 is 1.80 bits per heavy atom. The van der Waals surface area contributed by atoms with Crippen LogP contribution in [0.5, 0.6) is 5.75 Å². The van der Waals surface area contributed by atoms with E-state index in [0.717, 1.165) is 11.4 Å². The molecule has 0 aliphatic rings. The van der Waals surface area contributed by atoms with Gasteiger partial charge in [-0.3, -0.25) is 4.40 Å². The van der Waals surface area contributed by atoms with E-state index in [-0.39, 0.29) is 5.75 Å². The Kier molecular flexibility index (Phi) is 2.95. The standard InChI is InChI=1S/C15H14N4O/c1-10-5-7-12(8-6-10)17-18-14-11(2)16-15-13(20)4-3-9-19(14)15/h3-9,20H,1-2H3. The molecule has 0 fully saturated rings. The molecule has 0 bridgehead atoms. The van der Waals surface area contributed by atoms with Gasteiger partial charge in [-0.05, 0) is 38.1 Å². The smallest absolute Gasteiger partial charge is 0.182 e. The van der Waals surface area contributed by atoms with E-state index in [2.05, 4.69) is 15.2 Å². The second kappa shape index (κ2) is 4.77. The highest BCUT2D eigenvalue weighted by molar-refractivity contribution is 5.59. The van der Waals surface area contributed by atoms with E-state index in [1.165, 1.54) is 5.56 Å². The summed E-state index contributed by atoms with van der Waals surface area (Å²) in [6.45, 7) is 3.87. The molecule has 3 rings (SSSR count). The highest BCUT2D eigenvalue weighted by atomic mass is 16.3. The predicted octanol–water partition coefficient (Wildman–Crippen LogP) is 4.07. The van der Waals surface area contributed by atoms with Crippen LogP contribution >= 0.6 is 0 Å². The van der Waals surface area contributed by atoms with Crippen molar-refractivity contribution in [2.24, 2.45) is 10.2 Å². The van der Waals surface area contributed by atoms with Crippen molar-refractivity contribution in [3.63, 3.8) is 0 Å². The van der Waals surface area contributed by atoms with Gasteiger partial charge in [0.15, 0.2) is 17.2 Å². The molecule has 0 amide bonds. The van der Waals surface area contributed by atoms with Crippen LogP contribution in [-0.4, -0.2) is 14.5 Å². The summed E-state index contributed by atoms with van der Waals surface area (Å²) in [6.07, 6.45) is 1.80. The van der Waals surface area contributed by atoms with E-state index in [4.69, 9.17) is 0 Å². The van der Waals surface area contributed by atoms with Gasteiger partial charge in [0.25, 0.3) is 0 Å². The number of imidazole rings is 1. The summed E-state index contributed by atoms with van der Waals surface area (Å²) >= 11 is 0. The van der Waals surface area contributed by atoms with Crippen LogP contribution in [0.1, 0.15) is 11.3 Å². The lowest BCUT2D eigenvalue weighted by molar-refractivity contribution is 0.477. The van der Waals surface area contributed by atoms with Gasteiger partial charge in [0.1, 0.15) is 0 Å². The molecule has 20 heavy (non-hydrogen) atoms. The quantitative estimate of drug-likeness (QED) is 0.710. The summed E-state index contributed by atoms with van der Waals surface area (Å²) < 4.78 is 1.72. The van der Waals surface area contributed by atoms with Crippen LogP contribution in [0, 0.1) is 13.8 Å². The molecule has 0 unspecified atom stereocenters. The third-order valence-corrected chi connectivity index (χ3v) is 3.07. The summed E-state index contributed by atoms with van der Waals surface area (Å²) in [4.78, 5) is 4.30. The van der Waals surface area contributed by atoms with Gasteiger partial charge < -0.3 is 5.11 Å². The van der Waals surface area contributed by atoms with Crippen molar-refractivity contribution in [2.75, 3.05) is 0 Å². The summed E-state index contributed by atoms with van der Waals surface area (Å²) in [6, 6.07) is 11.1. The van der Waals surface area contributed by atoms with Crippen LogP contribution in [0.2, 0.25) is 0 Å². The number of benzene rings is 1. The molecule has 0 saturated carbocycles. The minimum atomic E-state index is 0.132. The lowest BCUT2D eigenvalue weighted by Crippen LogP contribution is -1.82. The second-order valence-electron chi connectivity index (χ2n) is 4.64. The predicted molar refractivity (Wildman–Crippen MR) is 76.9 cm³/mol. The first-order valence-electron chi connectivity index (χ1n) is 6.30. The molecule has 0 saturated heterocycles. The minimum Gasteiger partial charge on any atom is -0.504 e. The summed E-state index contributed by atoms with van der Waals surface area (Å²) in [7, 11) is 0. The zero-order chi connectivity index (χ0) is 14.1. The Balaban J connectivity index is 2.04. The van der Waals surface area contributed by atoms with E-state index < -0.39 is 0 Å². The first kappa shape index (κ1) is 12.3. The molecule has 1 aromatic carbocycles. The number of hydrogen-bond acceptors (Lipinski definition) is 4. The van der Waals surface area contributed by atoms with Gasteiger partial charge in [-0.2, -0.15) is 0 Å². The SMILES string of the molecule is Cc1ccc(N=Nc2c(C)nc3c(O)cccn23)cc1. The number of aryl methyl sites for hydroxylation is 2. The molecular weight excluding hydrogens is 252 g/mol. The van der Waals surface area contributed by atoms with Crippen molar-refractivity contribution >= 4 is 17.2 Å². The first-order valence-corrected chi connectivity index (χ1v) is 6.30. The molecule has 2 aromatic heterocycles. The molecule has 2 heterocycles. The third kappa shape index (κ3) is 2.14. The second-order valence-corrected chi connectivity index (χ2v) is 4.64. The molecule has 3 aromatic rings. The maximum absolute atomic E-state index is 9.77. The van der Waals surface area contributed by atoms with Crippen molar-refractivity contribution in [1.82, 2.24) is 9.38 Å². The number of aromatic nitrogens is 2. The number of azo groups is 1. The molecule has 100 valence electrons. The number of aromatic hydroxyl groups is 1. The molecule has 0 aliphatic heterocycles. The average molecular weight is 266 g/mol. The van der Waals surface area contributed by atoms with E-state index in [9.17, 15) is 5.11 Å². The number of pyridine rings is 1. The number of fused-ring (bicyclic) bond motifs is 1. The number of rotatable bonds is 2. The van der Waals surface area contributed by atoms with Gasteiger partial charge in [-0.15, -0.1) is 10.2 Å². The van der Waals surface area contributed by atoms with Gasteiger partial charge >= 0.3 is 0 Å². The van der Waals surface area contributed by atoms with Crippen LogP contribution < -0.4 is 0 Å². The molecule has 5 heteroatoms. The van der Waals surface area contributed by atoms with Gasteiger partial charge in [-0.1, -0.05) is 17.7 Å². The largest absolute Gasteiger partial charge is 0.504 e. The van der Waals surface area contributed by atoms with Crippen molar-refractivity contribution in [3.05, 3.63) is 53.9 Å². The molecule has 1 N–H and O–H groups in total. The first-order chi connectivity index (χ1) is 9.65. The van der Waals surface area contributed by atoms with Crippen molar-refractivity contribution in [3.8, 4) is 5.75 Å². The zero-order valence-electron chi connectivity index (χ0n) is 11.3. The topological polar surface area (TPSA) is 62.2 Å². The van der Waals surface area contributed by atoms with Gasteiger partial charge in [0, 0.05) is 6.20 Å².